The van der Waals surface area contributed by atoms with Gasteiger partial charge in [0.1, 0.15) is 0 Å². The Morgan fingerprint density at radius 2 is 1.80 bits per heavy atom. The second-order valence-electron chi connectivity index (χ2n) is 8.50. The van der Waals surface area contributed by atoms with Crippen molar-refractivity contribution in [1.29, 1.82) is 0 Å². The van der Waals surface area contributed by atoms with Crippen LogP contribution in [0, 0.1) is 0 Å². The smallest absolute Gasteiger partial charge is 0.339 e. The van der Waals surface area contributed by atoms with Crippen molar-refractivity contribution in [2.45, 2.75) is 44.8 Å². The van der Waals surface area contributed by atoms with E-state index in [2.05, 4.69) is 16.0 Å². The summed E-state index contributed by atoms with van der Waals surface area (Å²) < 4.78 is 16.6. The van der Waals surface area contributed by atoms with Crippen LogP contribution in [0.3, 0.4) is 0 Å². The zero-order chi connectivity index (χ0) is 24.9. The summed E-state index contributed by atoms with van der Waals surface area (Å²) in [5, 5.41) is 9.47. The van der Waals surface area contributed by atoms with E-state index in [0.29, 0.717) is 33.6 Å². The summed E-state index contributed by atoms with van der Waals surface area (Å²) in [5.74, 6) is 0.357. The first kappa shape index (κ1) is 24.5. The third kappa shape index (κ3) is 5.40. The molecule has 1 amide bonds. The van der Waals surface area contributed by atoms with Crippen LogP contribution in [0.25, 0.3) is 0 Å². The standard InChI is InChI=1S/C26H29N3O5S/c1-15-22(24(30)28-19-11-7-6-10-18(19)25(31)33-3)23(29-26(35)27-15)16-12-13-20(21(14-16)32-2)34-17-8-4-5-9-17/h6-7,10-14,17,23H,4-5,8-9H2,1-3H3,(H,28,30)(H2,27,29,35). The second kappa shape index (κ2) is 10.8. The van der Waals surface area contributed by atoms with Crippen LogP contribution in [0.4, 0.5) is 5.69 Å². The minimum atomic E-state index is -0.538. The predicted octanol–water partition coefficient (Wildman–Crippen LogP) is 4.23. The van der Waals surface area contributed by atoms with E-state index in [0.717, 1.165) is 18.4 Å². The van der Waals surface area contributed by atoms with Crippen molar-refractivity contribution in [3.63, 3.8) is 0 Å². The highest BCUT2D eigenvalue weighted by Crippen LogP contribution is 2.36. The normalized spacial score (nSPS) is 17.9. The third-order valence-electron chi connectivity index (χ3n) is 6.21. The monoisotopic (exact) mass is 495 g/mol. The van der Waals surface area contributed by atoms with E-state index >= 15 is 0 Å². The van der Waals surface area contributed by atoms with Gasteiger partial charge in [0.25, 0.3) is 5.91 Å². The predicted molar refractivity (Wildman–Crippen MR) is 137 cm³/mol. The van der Waals surface area contributed by atoms with Crippen LogP contribution >= 0.6 is 12.2 Å². The fraction of sp³-hybridized carbons (Fsp3) is 0.346. The van der Waals surface area contributed by atoms with Gasteiger partial charge < -0.3 is 30.2 Å². The summed E-state index contributed by atoms with van der Waals surface area (Å²) in [7, 11) is 2.90. The number of carbonyl (C=O) groups excluding carboxylic acids is 2. The fourth-order valence-electron chi connectivity index (χ4n) is 4.46. The Hall–Kier alpha value is -3.59. The number of nitrogens with one attached hydrogen (secondary N) is 3. The van der Waals surface area contributed by atoms with Gasteiger partial charge in [0, 0.05) is 5.70 Å². The molecular weight excluding hydrogens is 466 g/mol. The molecule has 1 saturated carbocycles. The highest BCUT2D eigenvalue weighted by Gasteiger charge is 2.31. The maximum absolute atomic E-state index is 13.5. The molecule has 0 aromatic heterocycles. The molecule has 3 N–H and O–H groups in total. The molecular formula is C26H29N3O5S. The van der Waals surface area contributed by atoms with E-state index in [1.165, 1.54) is 20.0 Å². The molecule has 1 aliphatic carbocycles. The Morgan fingerprint density at radius 3 is 2.51 bits per heavy atom. The number of benzene rings is 2. The lowest BCUT2D eigenvalue weighted by atomic mass is 9.94. The van der Waals surface area contributed by atoms with Gasteiger partial charge in [-0.2, -0.15) is 0 Å². The van der Waals surface area contributed by atoms with E-state index < -0.39 is 12.0 Å². The largest absolute Gasteiger partial charge is 0.493 e. The number of amides is 1. The van der Waals surface area contributed by atoms with Crippen molar-refractivity contribution in [3.05, 3.63) is 64.9 Å². The van der Waals surface area contributed by atoms with Crippen LogP contribution in [-0.2, 0) is 9.53 Å². The number of hydrogen-bond donors (Lipinski definition) is 3. The van der Waals surface area contributed by atoms with Crippen molar-refractivity contribution < 1.29 is 23.8 Å². The van der Waals surface area contributed by atoms with Crippen molar-refractivity contribution in [1.82, 2.24) is 10.6 Å². The Bertz CT molecular complexity index is 1170. The van der Waals surface area contributed by atoms with Crippen LogP contribution in [0.5, 0.6) is 11.5 Å². The van der Waals surface area contributed by atoms with E-state index in [-0.39, 0.29) is 17.6 Å². The molecule has 0 spiro atoms. The summed E-state index contributed by atoms with van der Waals surface area (Å²) in [6.07, 6.45) is 4.60. The first-order valence-corrected chi connectivity index (χ1v) is 11.9. The Kier molecular flexibility index (Phi) is 7.55. The maximum Gasteiger partial charge on any atom is 0.339 e. The topological polar surface area (TPSA) is 97.9 Å². The molecule has 184 valence electrons. The summed E-state index contributed by atoms with van der Waals surface area (Å²) >= 11 is 5.38. The number of allylic oxidation sites excluding steroid dienone is 1. The van der Waals surface area contributed by atoms with Gasteiger partial charge in [-0.05, 0) is 74.7 Å². The Morgan fingerprint density at radius 1 is 1.06 bits per heavy atom. The molecule has 8 nitrogen and oxygen atoms in total. The number of anilines is 1. The van der Waals surface area contributed by atoms with Crippen molar-refractivity contribution in [3.8, 4) is 11.5 Å². The first-order valence-electron chi connectivity index (χ1n) is 11.5. The van der Waals surface area contributed by atoms with Gasteiger partial charge in [0.15, 0.2) is 16.6 Å². The maximum atomic E-state index is 13.5. The van der Waals surface area contributed by atoms with E-state index in [9.17, 15) is 9.59 Å². The number of methoxy groups -OCH3 is 2. The number of para-hydroxylation sites is 1. The fourth-order valence-corrected chi connectivity index (χ4v) is 4.73. The second-order valence-corrected chi connectivity index (χ2v) is 8.90. The molecule has 2 aromatic carbocycles. The van der Waals surface area contributed by atoms with Crippen LogP contribution in [0.2, 0.25) is 0 Å². The van der Waals surface area contributed by atoms with E-state index in [1.54, 1.807) is 38.3 Å². The molecule has 0 saturated heterocycles. The molecule has 1 heterocycles. The lowest BCUT2D eigenvalue weighted by Gasteiger charge is -2.31. The van der Waals surface area contributed by atoms with Crippen molar-refractivity contribution in [2.24, 2.45) is 0 Å². The Labute approximate surface area is 210 Å². The number of rotatable bonds is 7. The molecule has 4 rings (SSSR count). The van der Waals surface area contributed by atoms with Gasteiger partial charge in [-0.3, -0.25) is 4.79 Å². The molecule has 9 heteroatoms. The number of esters is 1. The lowest BCUT2D eigenvalue weighted by Crippen LogP contribution is -2.45. The van der Waals surface area contributed by atoms with Gasteiger partial charge in [-0.15, -0.1) is 0 Å². The molecule has 1 aliphatic heterocycles. The molecule has 0 radical (unpaired) electrons. The van der Waals surface area contributed by atoms with Gasteiger partial charge in [-0.1, -0.05) is 18.2 Å². The van der Waals surface area contributed by atoms with Gasteiger partial charge in [0.2, 0.25) is 0 Å². The average Bonchev–Trinajstić information content (AvgIpc) is 3.36. The van der Waals surface area contributed by atoms with Gasteiger partial charge in [-0.25, -0.2) is 4.79 Å². The summed E-state index contributed by atoms with van der Waals surface area (Å²) in [5.41, 5.74) is 2.45. The third-order valence-corrected chi connectivity index (χ3v) is 6.43. The number of carbonyl (C=O) groups is 2. The van der Waals surface area contributed by atoms with Gasteiger partial charge in [0.05, 0.1) is 43.2 Å². The summed E-state index contributed by atoms with van der Waals surface area (Å²) in [6, 6.07) is 11.8. The minimum Gasteiger partial charge on any atom is -0.493 e. The molecule has 35 heavy (non-hydrogen) atoms. The quantitative estimate of drug-likeness (QED) is 0.388. The molecule has 0 bridgehead atoms. The average molecular weight is 496 g/mol. The Balaban J connectivity index is 1.64. The van der Waals surface area contributed by atoms with E-state index in [1.807, 2.05) is 18.2 Å². The number of ether oxygens (including phenoxy) is 3. The number of thiocarbonyl (C=S) groups is 1. The molecule has 1 fully saturated rings. The lowest BCUT2D eigenvalue weighted by molar-refractivity contribution is -0.113. The van der Waals surface area contributed by atoms with Crippen LogP contribution in [0.15, 0.2) is 53.7 Å². The zero-order valence-electron chi connectivity index (χ0n) is 20.0. The van der Waals surface area contributed by atoms with Crippen LogP contribution < -0.4 is 25.4 Å². The zero-order valence-corrected chi connectivity index (χ0v) is 20.8. The molecule has 1 unspecified atom stereocenters. The van der Waals surface area contributed by atoms with Crippen LogP contribution in [-0.4, -0.2) is 37.3 Å². The molecule has 1 atom stereocenters. The number of hydrogen-bond acceptors (Lipinski definition) is 6. The molecule has 2 aromatic rings. The van der Waals surface area contributed by atoms with Crippen LogP contribution in [0.1, 0.15) is 54.6 Å². The first-order chi connectivity index (χ1) is 16.9. The van der Waals surface area contributed by atoms with Crippen molar-refractivity contribution in [2.75, 3.05) is 19.5 Å². The molecule has 2 aliphatic rings. The van der Waals surface area contributed by atoms with Gasteiger partial charge >= 0.3 is 5.97 Å². The van der Waals surface area contributed by atoms with Crippen molar-refractivity contribution >= 4 is 34.9 Å². The highest BCUT2D eigenvalue weighted by atomic mass is 32.1. The summed E-state index contributed by atoms with van der Waals surface area (Å²) in [6.45, 7) is 1.79. The SMILES string of the molecule is COC(=O)c1ccccc1NC(=O)C1=C(C)NC(=S)NC1c1ccc(OC2CCCC2)c(OC)c1. The summed E-state index contributed by atoms with van der Waals surface area (Å²) in [4.78, 5) is 25.6. The highest BCUT2D eigenvalue weighted by molar-refractivity contribution is 7.80. The van der Waals surface area contributed by atoms with E-state index in [4.69, 9.17) is 26.4 Å². The minimum absolute atomic E-state index is 0.192.